The Morgan fingerprint density at radius 2 is 1.92 bits per heavy atom. The number of aromatic nitrogens is 1. The quantitative estimate of drug-likeness (QED) is 0.591. The highest BCUT2D eigenvalue weighted by Crippen LogP contribution is 2.25. The summed E-state index contributed by atoms with van der Waals surface area (Å²) in [4.78, 5) is 29.5. The van der Waals surface area contributed by atoms with Crippen LogP contribution in [0.4, 0.5) is 11.4 Å². The molecule has 0 radical (unpaired) electrons. The van der Waals surface area contributed by atoms with Gasteiger partial charge in [0.15, 0.2) is 0 Å². The smallest absolute Gasteiger partial charge is 0.227 e. The van der Waals surface area contributed by atoms with Gasteiger partial charge in [-0.3, -0.25) is 14.6 Å². The van der Waals surface area contributed by atoms with Gasteiger partial charge in [-0.2, -0.15) is 0 Å². The highest BCUT2D eigenvalue weighted by atomic mass is 127. The van der Waals surface area contributed by atoms with Crippen molar-refractivity contribution in [3.8, 4) is 0 Å². The molecular weight excluding hydrogens is 417 g/mol. The Morgan fingerprint density at radius 3 is 2.54 bits per heavy atom. The van der Waals surface area contributed by atoms with E-state index in [1.807, 2.05) is 30.3 Å². The molecule has 1 aromatic carbocycles. The number of carbonyl (C=O) groups excluding carboxylic acids is 2. The second-order valence-electron chi connectivity index (χ2n) is 5.82. The van der Waals surface area contributed by atoms with Crippen molar-refractivity contribution in [3.05, 3.63) is 51.9 Å². The van der Waals surface area contributed by atoms with E-state index in [4.69, 9.17) is 0 Å². The summed E-state index contributed by atoms with van der Waals surface area (Å²) >= 11 is 2.17. The van der Waals surface area contributed by atoms with Gasteiger partial charge in [-0.25, -0.2) is 0 Å². The lowest BCUT2D eigenvalue weighted by atomic mass is 9.95. The van der Waals surface area contributed by atoms with E-state index in [0.29, 0.717) is 5.56 Å². The average molecular weight is 435 g/mol. The van der Waals surface area contributed by atoms with Crippen LogP contribution in [0, 0.1) is 9.49 Å². The Labute approximate surface area is 154 Å². The molecule has 1 aliphatic rings. The Kier molecular flexibility index (Phi) is 5.44. The molecule has 2 heterocycles. The molecule has 0 aliphatic carbocycles. The maximum absolute atomic E-state index is 12.5. The Balaban J connectivity index is 1.57. The van der Waals surface area contributed by atoms with Crippen molar-refractivity contribution in [2.75, 3.05) is 23.3 Å². The lowest BCUT2D eigenvalue weighted by molar-refractivity contribution is -0.120. The number of nitrogens with zero attached hydrogens (tertiary/aromatic N) is 2. The summed E-state index contributed by atoms with van der Waals surface area (Å²) < 4.78 is 0.941. The number of hydrogen-bond donors (Lipinski definition) is 1. The molecule has 1 fully saturated rings. The monoisotopic (exact) mass is 435 g/mol. The minimum atomic E-state index is 0.0273. The first kappa shape index (κ1) is 16.9. The fourth-order valence-corrected chi connectivity index (χ4v) is 3.35. The predicted octanol–water partition coefficient (Wildman–Crippen LogP) is 3.35. The molecule has 0 spiro atoms. The number of anilines is 2. The van der Waals surface area contributed by atoms with Gasteiger partial charge in [-0.05, 0) is 65.8 Å². The number of rotatable bonds is 4. The van der Waals surface area contributed by atoms with Crippen LogP contribution in [0.15, 0.2) is 42.7 Å². The highest BCUT2D eigenvalue weighted by Gasteiger charge is 2.25. The summed E-state index contributed by atoms with van der Waals surface area (Å²) in [7, 11) is 0. The number of carbonyl (C=O) groups is 2. The zero-order valence-electron chi connectivity index (χ0n) is 13.1. The number of benzene rings is 1. The number of pyridine rings is 1. The summed E-state index contributed by atoms with van der Waals surface area (Å²) in [6, 6.07) is 9.40. The Morgan fingerprint density at radius 1 is 1.21 bits per heavy atom. The maximum atomic E-state index is 12.5. The summed E-state index contributed by atoms with van der Waals surface area (Å²) in [5, 5.41) is 3.01. The number of aldehydes is 1. The van der Waals surface area contributed by atoms with E-state index in [1.54, 1.807) is 12.4 Å². The molecule has 0 unspecified atom stereocenters. The van der Waals surface area contributed by atoms with Crippen molar-refractivity contribution in [1.29, 1.82) is 0 Å². The molecule has 0 saturated carbocycles. The van der Waals surface area contributed by atoms with Gasteiger partial charge in [0.05, 0.1) is 9.26 Å². The van der Waals surface area contributed by atoms with Crippen LogP contribution >= 0.6 is 22.6 Å². The minimum absolute atomic E-state index is 0.0273. The number of nitrogens with one attached hydrogen (secondary N) is 1. The van der Waals surface area contributed by atoms with E-state index in [1.165, 1.54) is 0 Å². The first-order valence-electron chi connectivity index (χ1n) is 7.88. The molecule has 3 rings (SSSR count). The minimum Gasteiger partial charge on any atom is -0.371 e. The standard InChI is InChI=1S/C18H18IN3O2/c19-16-11-20-8-5-17(16)21-18(24)14-6-9-22(10-7-14)15-3-1-13(12-23)2-4-15/h1-5,8,11-12,14H,6-7,9-10H2,(H,20,21,24). The molecule has 1 aromatic heterocycles. The van der Waals surface area contributed by atoms with E-state index in [9.17, 15) is 9.59 Å². The molecule has 1 aliphatic heterocycles. The molecule has 1 saturated heterocycles. The lowest BCUT2D eigenvalue weighted by Gasteiger charge is -2.33. The first-order valence-corrected chi connectivity index (χ1v) is 8.96. The average Bonchev–Trinajstić information content (AvgIpc) is 2.64. The van der Waals surface area contributed by atoms with E-state index >= 15 is 0 Å². The predicted molar refractivity (Wildman–Crippen MR) is 102 cm³/mol. The van der Waals surface area contributed by atoms with Crippen molar-refractivity contribution < 1.29 is 9.59 Å². The van der Waals surface area contributed by atoms with Crippen LogP contribution in [0.2, 0.25) is 0 Å². The zero-order valence-corrected chi connectivity index (χ0v) is 15.3. The van der Waals surface area contributed by atoms with Gasteiger partial charge in [-0.15, -0.1) is 0 Å². The van der Waals surface area contributed by atoms with E-state index in [2.05, 4.69) is 37.8 Å². The highest BCUT2D eigenvalue weighted by molar-refractivity contribution is 14.1. The van der Waals surface area contributed by atoms with Crippen molar-refractivity contribution in [3.63, 3.8) is 0 Å². The largest absolute Gasteiger partial charge is 0.371 e. The number of hydrogen-bond acceptors (Lipinski definition) is 4. The molecule has 5 nitrogen and oxygen atoms in total. The van der Waals surface area contributed by atoms with E-state index < -0.39 is 0 Å². The van der Waals surface area contributed by atoms with Gasteiger partial charge in [0.1, 0.15) is 6.29 Å². The molecule has 1 N–H and O–H groups in total. The van der Waals surface area contributed by atoms with Crippen LogP contribution in [0.1, 0.15) is 23.2 Å². The zero-order chi connectivity index (χ0) is 16.9. The summed E-state index contributed by atoms with van der Waals surface area (Å²) in [5.41, 5.74) is 2.60. The fourth-order valence-electron chi connectivity index (χ4n) is 2.87. The summed E-state index contributed by atoms with van der Waals surface area (Å²) in [5.74, 6) is 0.106. The second-order valence-corrected chi connectivity index (χ2v) is 6.98. The van der Waals surface area contributed by atoms with Crippen LogP contribution in [-0.4, -0.2) is 30.3 Å². The third-order valence-corrected chi connectivity index (χ3v) is 5.15. The topological polar surface area (TPSA) is 62.3 Å². The van der Waals surface area contributed by atoms with Crippen LogP contribution in [-0.2, 0) is 4.79 Å². The maximum Gasteiger partial charge on any atom is 0.227 e. The van der Waals surface area contributed by atoms with Crippen LogP contribution in [0.3, 0.4) is 0 Å². The number of halogens is 1. The normalized spacial score (nSPS) is 15.1. The third-order valence-electron chi connectivity index (χ3n) is 4.29. The third kappa shape index (κ3) is 3.92. The van der Waals surface area contributed by atoms with Gasteiger partial charge < -0.3 is 10.2 Å². The van der Waals surface area contributed by atoms with Crippen molar-refractivity contribution in [2.45, 2.75) is 12.8 Å². The van der Waals surface area contributed by atoms with Crippen LogP contribution in [0.5, 0.6) is 0 Å². The van der Waals surface area contributed by atoms with Gasteiger partial charge in [-0.1, -0.05) is 0 Å². The van der Waals surface area contributed by atoms with Gasteiger partial charge in [0.2, 0.25) is 5.91 Å². The van der Waals surface area contributed by atoms with Gasteiger partial charge in [0, 0.05) is 42.7 Å². The van der Waals surface area contributed by atoms with E-state index in [0.717, 1.165) is 47.2 Å². The first-order chi connectivity index (χ1) is 11.7. The Hall–Kier alpha value is -1.96. The molecule has 124 valence electrons. The molecule has 1 amide bonds. The summed E-state index contributed by atoms with van der Waals surface area (Å²) in [6.45, 7) is 1.68. The van der Waals surface area contributed by atoms with Crippen LogP contribution < -0.4 is 10.2 Å². The van der Waals surface area contributed by atoms with Gasteiger partial charge in [0.25, 0.3) is 0 Å². The van der Waals surface area contributed by atoms with Crippen LogP contribution in [0.25, 0.3) is 0 Å². The Bertz CT molecular complexity index is 725. The fraction of sp³-hybridized carbons (Fsp3) is 0.278. The summed E-state index contributed by atoms with van der Waals surface area (Å²) in [6.07, 6.45) is 5.91. The van der Waals surface area contributed by atoms with E-state index in [-0.39, 0.29) is 11.8 Å². The SMILES string of the molecule is O=Cc1ccc(N2CCC(C(=O)Nc3ccncc3I)CC2)cc1. The molecular formula is C18H18IN3O2. The van der Waals surface area contributed by atoms with Crippen molar-refractivity contribution in [1.82, 2.24) is 4.98 Å². The van der Waals surface area contributed by atoms with Gasteiger partial charge >= 0.3 is 0 Å². The van der Waals surface area contributed by atoms with Crippen molar-refractivity contribution in [2.24, 2.45) is 5.92 Å². The molecule has 0 atom stereocenters. The molecule has 24 heavy (non-hydrogen) atoms. The lowest BCUT2D eigenvalue weighted by Crippen LogP contribution is -2.38. The number of piperidine rings is 1. The number of amides is 1. The molecule has 2 aromatic rings. The second kappa shape index (κ2) is 7.74. The van der Waals surface area contributed by atoms with Crippen molar-refractivity contribution >= 4 is 46.2 Å². The molecule has 0 bridgehead atoms. The molecule has 6 heteroatoms.